The zero-order valence-corrected chi connectivity index (χ0v) is 68.8. The van der Waals surface area contributed by atoms with Crippen molar-refractivity contribution in [2.24, 2.45) is 47.0 Å². The third-order valence-corrected chi connectivity index (χ3v) is 18.2. The van der Waals surface area contributed by atoms with Gasteiger partial charge >= 0.3 is 60.4 Å². The van der Waals surface area contributed by atoms with Gasteiger partial charge in [0.2, 0.25) is 5.91 Å². The van der Waals surface area contributed by atoms with Gasteiger partial charge in [-0.1, -0.05) is 0 Å². The molecule has 1 unspecified atom stereocenters. The van der Waals surface area contributed by atoms with Crippen molar-refractivity contribution in [2.75, 3.05) is 46.9 Å². The fraction of sp³-hybridized carbons (Fsp3) is 0.761. The molecule has 11 aliphatic rings. The minimum absolute atomic E-state index is 0. The molecule has 0 spiro atoms. The van der Waals surface area contributed by atoms with Gasteiger partial charge in [-0.2, -0.15) is 0 Å². The zero-order valence-electron chi connectivity index (χ0n) is 67.1. The molecule has 0 radical (unpaired) electrons. The Morgan fingerprint density at radius 2 is 0.589 bits per heavy atom. The maximum absolute atomic E-state index is 11.9. The molecule has 5 heterocycles. The van der Waals surface area contributed by atoms with E-state index in [0.29, 0.717) is 6.42 Å². The maximum atomic E-state index is 11.9. The molecule has 5 aliphatic heterocycles. The van der Waals surface area contributed by atoms with Crippen LogP contribution in [0.1, 0.15) is 207 Å². The molecule has 112 heavy (non-hydrogen) atoms. The molecule has 39 nitrogen and oxygen atoms in total. The molecule has 0 bridgehead atoms. The van der Waals surface area contributed by atoms with Gasteiger partial charge in [-0.15, -0.1) is 24.8 Å². The van der Waals surface area contributed by atoms with Crippen LogP contribution in [0.2, 0.25) is 0 Å². The number of hydroxylamine groups is 2. The molecular formula is C71H118Cl2N16O23. The Kier molecular flexibility index (Phi) is 34.0. The molecule has 0 aromatic carbocycles. The highest BCUT2D eigenvalue weighted by Gasteiger charge is 2.60. The summed E-state index contributed by atoms with van der Waals surface area (Å²) in [6.45, 7) is 27.2. The summed E-state index contributed by atoms with van der Waals surface area (Å²) in [5.74, 6) is -1.37. The molecule has 11 rings (SSSR count). The molecule has 5 atom stereocenters. The Labute approximate surface area is 664 Å². The number of hydrogen-bond acceptors (Lipinski definition) is 25. The normalized spacial score (nSPS) is 24.6. The van der Waals surface area contributed by atoms with Crippen molar-refractivity contribution in [1.29, 1.82) is 0 Å². The Morgan fingerprint density at radius 1 is 0.366 bits per heavy atom. The number of nitrogens with zero attached hydrogens (tertiary/aromatic N) is 1. The first kappa shape index (κ1) is 97.2. The van der Waals surface area contributed by atoms with Crippen LogP contribution in [-0.2, 0) is 71.7 Å². The SMILES string of the molecule is CC(C)(C)OC(=O)CCC(=O)C1CC1.CC(C)(C)OC(=O)NCC1(C2CC2)NC(=O)NC1=O.CC(C)(C)OC(=O)NC[C@@]1(C2CC2)NC(=O)NC1=O.CC(C)(C)OC(=O)NC[C@]1(C2CC2)NC(=O)NC1=O.CON(C)C(=O)CCC(=O)OC(C)(C)C.Cl.Cl.NC[C@@]1(C2CC2)NC(=O)NC1=O.NC[C@]1(C2CC2)NC(=O)NC1=O. The largest absolute Gasteiger partial charge is 0.460 e. The second-order valence-electron chi connectivity index (χ2n) is 33.7. The van der Waals surface area contributed by atoms with E-state index in [1.165, 1.54) is 14.2 Å². The van der Waals surface area contributed by atoms with E-state index in [1.54, 1.807) is 83.1 Å². The number of nitrogens with one attached hydrogen (secondary N) is 13. The van der Waals surface area contributed by atoms with Crippen LogP contribution in [0.5, 0.6) is 0 Å². The van der Waals surface area contributed by atoms with E-state index in [-0.39, 0.29) is 165 Å². The van der Waals surface area contributed by atoms with Gasteiger partial charge in [0.15, 0.2) is 0 Å². The number of amides is 19. The smallest absolute Gasteiger partial charge is 0.407 e. The Hall–Kier alpha value is -8.95. The van der Waals surface area contributed by atoms with Crippen molar-refractivity contribution in [3.8, 4) is 0 Å². The molecule has 6 aliphatic carbocycles. The number of rotatable bonds is 21. The molecule has 17 N–H and O–H groups in total. The number of carbonyl (C=O) groups excluding carboxylic acids is 17. The van der Waals surface area contributed by atoms with Gasteiger partial charge in [-0.25, -0.2) is 43.4 Å². The maximum Gasteiger partial charge on any atom is 0.407 e. The number of halogens is 2. The standard InChI is InChI=1S/3C12H19N3O4.C11H18O3.C10H19NO4.2C7H11N3O2.2ClH/c3*1-11(2,3)19-10(18)13-6-12(7-4-5-7)8(16)14-9(17)15-12;1-11(2,3)14-10(13)7-6-9(12)8-4-5-8;1-10(2,3)15-9(13)7-6-8(12)11(4)14-5;2*8-3-7(4-1-2-4)5(11)9-6(12)10-7;;/h3*7H,4-6H2,1-3H3,(H,13,18)(H2,14,15,16,17);8H,4-7H2,1-3H3;6-7H2,1-5H3;2*4H,1-3,8H2,(H2,9,10,11,12);2*1H/t2*12-;;;;2*7-;;/m10...10../s1. The average molecular weight is 1630 g/mol. The molecule has 6 saturated carbocycles. The average Bonchev–Trinajstić information content (AvgIpc) is 1.64. The number of nitrogens with two attached hydrogens (primary N) is 2. The second kappa shape index (κ2) is 39.2. The number of ketones is 1. The summed E-state index contributed by atoms with van der Waals surface area (Å²) in [4.78, 5) is 198. The molecule has 11 fully saturated rings. The van der Waals surface area contributed by atoms with Crippen LogP contribution in [0.15, 0.2) is 0 Å². The highest BCUT2D eigenvalue weighted by molar-refractivity contribution is 6.10. The van der Waals surface area contributed by atoms with Gasteiger partial charge in [-0.05, 0) is 210 Å². The first-order valence-corrected chi connectivity index (χ1v) is 37.0. The summed E-state index contributed by atoms with van der Waals surface area (Å²) < 4.78 is 25.5. The van der Waals surface area contributed by atoms with Crippen molar-refractivity contribution in [3.63, 3.8) is 0 Å². The molecule has 0 aromatic heterocycles. The molecule has 634 valence electrons. The van der Waals surface area contributed by atoms with Gasteiger partial charge in [-0.3, -0.25) is 74.6 Å². The van der Waals surface area contributed by atoms with Crippen molar-refractivity contribution >= 4 is 126 Å². The van der Waals surface area contributed by atoms with Crippen LogP contribution in [-0.4, -0.2) is 209 Å². The molecule has 41 heteroatoms. The number of urea groups is 5. The first-order valence-electron chi connectivity index (χ1n) is 37.0. The van der Waals surface area contributed by atoms with Crippen molar-refractivity contribution in [3.05, 3.63) is 0 Å². The third-order valence-electron chi connectivity index (χ3n) is 18.2. The van der Waals surface area contributed by atoms with Crippen LogP contribution < -0.4 is 80.6 Å². The van der Waals surface area contributed by atoms with Crippen LogP contribution in [0.25, 0.3) is 0 Å². The predicted molar refractivity (Wildman–Crippen MR) is 404 cm³/mol. The van der Waals surface area contributed by atoms with E-state index in [4.69, 9.17) is 35.2 Å². The molecule has 5 saturated heterocycles. The number of ether oxygens (including phenoxy) is 5. The van der Waals surface area contributed by atoms with Crippen molar-refractivity contribution in [2.45, 2.75) is 262 Å². The lowest BCUT2D eigenvalue weighted by Crippen LogP contribution is -2.57. The minimum Gasteiger partial charge on any atom is -0.460 e. The van der Waals surface area contributed by atoms with Gasteiger partial charge in [0.25, 0.3) is 29.5 Å². The highest BCUT2D eigenvalue weighted by atomic mass is 35.5. The van der Waals surface area contributed by atoms with Crippen LogP contribution in [0.4, 0.5) is 38.4 Å². The molecule has 19 amide bonds. The van der Waals surface area contributed by atoms with E-state index in [2.05, 4.69) is 74.0 Å². The predicted octanol–water partition coefficient (Wildman–Crippen LogP) is 3.42. The first-order chi connectivity index (χ1) is 50.7. The molecular weight excluding hydrogens is 1520 g/mol. The van der Waals surface area contributed by atoms with Crippen LogP contribution in [0.3, 0.4) is 0 Å². The van der Waals surface area contributed by atoms with Crippen LogP contribution in [0, 0.1) is 35.5 Å². The minimum atomic E-state index is -1.02. The third kappa shape index (κ3) is 30.2. The zero-order chi connectivity index (χ0) is 83.1. The van der Waals surface area contributed by atoms with E-state index in [0.717, 1.165) is 82.1 Å². The molecule has 0 aromatic rings. The van der Waals surface area contributed by atoms with Crippen molar-refractivity contribution < 1.29 is 110 Å². The highest BCUT2D eigenvalue weighted by Crippen LogP contribution is 2.44. The van der Waals surface area contributed by atoms with Gasteiger partial charge in [0.05, 0.1) is 39.6 Å². The van der Waals surface area contributed by atoms with E-state index < -0.39 is 104 Å². The summed E-state index contributed by atoms with van der Waals surface area (Å²) in [5.41, 5.74) is 3.58. The number of esters is 2. The lowest BCUT2D eigenvalue weighted by Gasteiger charge is -2.27. The fourth-order valence-corrected chi connectivity index (χ4v) is 11.9. The lowest BCUT2D eigenvalue weighted by molar-refractivity contribution is -0.171. The summed E-state index contributed by atoms with van der Waals surface area (Å²) in [6, 6.07) is -2.37. The number of imide groups is 5. The monoisotopic (exact) mass is 1630 g/mol. The number of Topliss-reactive ketones (excluding diaryl/α,β-unsaturated/α-hetero) is 1. The summed E-state index contributed by atoms with van der Waals surface area (Å²) in [7, 11) is 2.89. The second-order valence-corrected chi connectivity index (χ2v) is 33.7. The summed E-state index contributed by atoms with van der Waals surface area (Å²) >= 11 is 0. The van der Waals surface area contributed by atoms with Gasteiger partial charge < -0.3 is 77.7 Å². The Bertz CT molecular complexity index is 3250. The van der Waals surface area contributed by atoms with Crippen molar-refractivity contribution in [1.82, 2.24) is 74.2 Å². The number of carbonyl (C=O) groups is 17. The number of hydrogen-bond donors (Lipinski definition) is 15. The van der Waals surface area contributed by atoms with Crippen LogP contribution >= 0.6 is 24.8 Å². The van der Waals surface area contributed by atoms with E-state index >= 15 is 0 Å². The van der Waals surface area contributed by atoms with Gasteiger partial charge in [0, 0.05) is 38.9 Å². The Balaban J connectivity index is 0.000000340. The number of alkyl carbamates (subject to hydrolysis) is 3. The summed E-state index contributed by atoms with van der Waals surface area (Å²) in [5, 5.41) is 32.9. The van der Waals surface area contributed by atoms with Gasteiger partial charge in [0.1, 0.15) is 61.5 Å². The Morgan fingerprint density at radius 3 is 0.777 bits per heavy atom. The van der Waals surface area contributed by atoms with E-state index in [1.807, 2.05) is 20.8 Å². The topological polar surface area (TPSA) is 557 Å². The van der Waals surface area contributed by atoms with E-state index in [9.17, 15) is 81.5 Å². The lowest BCUT2D eigenvalue weighted by atomic mass is 9.93. The fourth-order valence-electron chi connectivity index (χ4n) is 11.9. The summed E-state index contributed by atoms with van der Waals surface area (Å²) in [6.07, 6.45) is 10.1. The quantitative estimate of drug-likeness (QED) is 0.0339.